The molecule has 42 valence electrons. The van der Waals surface area contributed by atoms with Gasteiger partial charge >= 0.3 is 0 Å². The topological polar surface area (TPSA) is 9.23 Å². The molecule has 0 rings (SSSR count). The van der Waals surface area contributed by atoms with Gasteiger partial charge in [0.05, 0.1) is 12.0 Å². The summed E-state index contributed by atoms with van der Waals surface area (Å²) in [5.74, 6) is 0.671. The number of rotatable bonds is 2. The van der Waals surface area contributed by atoms with Crippen LogP contribution in [0.5, 0.6) is 0 Å². The van der Waals surface area contributed by atoms with Crippen molar-refractivity contribution in [1.82, 2.24) is 0 Å². The third kappa shape index (κ3) is 10.7. The molecule has 0 aliphatic heterocycles. The van der Waals surface area contributed by atoms with E-state index in [4.69, 9.17) is 0 Å². The van der Waals surface area contributed by atoms with Crippen molar-refractivity contribution in [1.29, 1.82) is 0 Å². The van der Waals surface area contributed by atoms with Crippen LogP contribution in [0.4, 0.5) is 0 Å². The summed E-state index contributed by atoms with van der Waals surface area (Å²) >= 11 is 0. The first-order valence-corrected chi connectivity index (χ1v) is 1.70. The first-order chi connectivity index (χ1) is 2.77. The van der Waals surface area contributed by atoms with Gasteiger partial charge in [0, 0.05) is 0 Å². The Morgan fingerprint density at radius 2 is 2.14 bits per heavy atom. The third-order valence-electron chi connectivity index (χ3n) is 0.285. The molecule has 7 heavy (non-hydrogen) atoms. The molecule has 0 spiro atoms. The van der Waals surface area contributed by atoms with E-state index >= 15 is 0 Å². The summed E-state index contributed by atoms with van der Waals surface area (Å²) in [4.78, 5) is 0. The first-order valence-electron chi connectivity index (χ1n) is 1.70. The van der Waals surface area contributed by atoms with E-state index < -0.39 is 0 Å². The van der Waals surface area contributed by atoms with Gasteiger partial charge in [-0.2, -0.15) is 13.5 Å². The molecule has 0 bridgehead atoms. The van der Waals surface area contributed by atoms with Crippen molar-refractivity contribution in [3.05, 3.63) is 25.2 Å². The van der Waals surface area contributed by atoms with Crippen LogP contribution in [0.15, 0.2) is 25.2 Å². The van der Waals surface area contributed by atoms with Crippen molar-refractivity contribution in [3.63, 3.8) is 0 Å². The van der Waals surface area contributed by atoms with Gasteiger partial charge in [-0.1, -0.05) is 13.2 Å². The highest BCUT2D eigenvalue weighted by atomic mass is 32.1. The molecule has 0 aliphatic carbocycles. The molecule has 0 radical (unpaired) electrons. The van der Waals surface area contributed by atoms with Crippen LogP contribution in [0.1, 0.15) is 6.92 Å². The molecule has 2 heteroatoms. The van der Waals surface area contributed by atoms with Gasteiger partial charge in [-0.3, -0.25) is 0 Å². The highest BCUT2D eigenvalue weighted by Gasteiger charge is 1.69. The lowest BCUT2D eigenvalue weighted by molar-refractivity contribution is 0.357. The van der Waals surface area contributed by atoms with Crippen molar-refractivity contribution in [2.24, 2.45) is 0 Å². The highest BCUT2D eigenvalue weighted by molar-refractivity contribution is 7.59. The molecule has 0 N–H and O–H groups in total. The fourth-order valence-electron chi connectivity index (χ4n) is 0.142. The molecular formula is C5H10OS. The molecule has 0 aromatic carbocycles. The fraction of sp³-hybridized carbons (Fsp3) is 0.200. The molecule has 1 nitrogen and oxygen atoms in total. The Bertz CT molecular complexity index is 68.5. The molecule has 0 aliphatic rings. The fourth-order valence-corrected chi connectivity index (χ4v) is 0.142. The smallest absolute Gasteiger partial charge is 0.0929 e. The zero-order chi connectivity index (χ0) is 4.99. The molecule has 0 aromatic rings. The minimum Gasteiger partial charge on any atom is -0.471 e. The van der Waals surface area contributed by atoms with Crippen molar-refractivity contribution in [2.75, 3.05) is 0 Å². The number of hydrogen-bond acceptors (Lipinski definition) is 1. The zero-order valence-corrected chi connectivity index (χ0v) is 5.40. The van der Waals surface area contributed by atoms with E-state index in [0.717, 1.165) is 0 Å². The largest absolute Gasteiger partial charge is 0.471 e. The first kappa shape index (κ1) is 9.80. The summed E-state index contributed by atoms with van der Waals surface area (Å²) < 4.78 is 4.61. The maximum Gasteiger partial charge on any atom is 0.0929 e. The maximum absolute atomic E-state index is 4.61. The predicted molar refractivity (Wildman–Crippen MR) is 36.5 cm³/mol. The Hall–Kier alpha value is -0.370. The molecule has 0 unspecified atom stereocenters. The van der Waals surface area contributed by atoms with Gasteiger partial charge in [0.2, 0.25) is 0 Å². The van der Waals surface area contributed by atoms with Crippen LogP contribution >= 0.6 is 13.5 Å². The normalized spacial score (nSPS) is 5.86. The van der Waals surface area contributed by atoms with Gasteiger partial charge in [-0.05, 0) is 6.92 Å². The second-order valence-electron chi connectivity index (χ2n) is 0.987. The van der Waals surface area contributed by atoms with E-state index in [0.29, 0.717) is 5.76 Å². The molecule has 0 heterocycles. The van der Waals surface area contributed by atoms with E-state index in [-0.39, 0.29) is 13.5 Å². The molecule has 0 atom stereocenters. The van der Waals surface area contributed by atoms with Gasteiger partial charge < -0.3 is 4.74 Å². The molecule has 0 aromatic heterocycles. The lowest BCUT2D eigenvalue weighted by Crippen LogP contribution is -1.68. The van der Waals surface area contributed by atoms with E-state index in [1.807, 2.05) is 0 Å². The Balaban J connectivity index is 0. The van der Waals surface area contributed by atoms with Gasteiger partial charge in [0.1, 0.15) is 0 Å². The lowest BCUT2D eigenvalue weighted by Gasteiger charge is -1.90. The van der Waals surface area contributed by atoms with Crippen molar-refractivity contribution >= 4 is 13.5 Å². The summed E-state index contributed by atoms with van der Waals surface area (Å²) in [6.07, 6.45) is 1.35. The Morgan fingerprint density at radius 3 is 2.14 bits per heavy atom. The minimum atomic E-state index is 0. The predicted octanol–water partition coefficient (Wildman–Crippen LogP) is 1.79. The van der Waals surface area contributed by atoms with E-state index in [9.17, 15) is 0 Å². The van der Waals surface area contributed by atoms with Gasteiger partial charge in [-0.15, -0.1) is 0 Å². The molecule has 0 amide bonds. The van der Waals surface area contributed by atoms with Crippen molar-refractivity contribution in [2.45, 2.75) is 6.92 Å². The van der Waals surface area contributed by atoms with E-state index in [1.54, 1.807) is 6.92 Å². The van der Waals surface area contributed by atoms with E-state index in [1.165, 1.54) is 6.26 Å². The summed E-state index contributed by atoms with van der Waals surface area (Å²) in [6, 6.07) is 0. The Labute approximate surface area is 51.1 Å². The molecular weight excluding hydrogens is 108 g/mol. The second-order valence-corrected chi connectivity index (χ2v) is 0.987. The van der Waals surface area contributed by atoms with Crippen molar-refractivity contribution in [3.8, 4) is 0 Å². The molecule has 0 saturated heterocycles. The molecule has 0 saturated carbocycles. The second kappa shape index (κ2) is 5.63. The average Bonchev–Trinajstić information content (AvgIpc) is 1.35. The molecule has 0 fully saturated rings. The summed E-state index contributed by atoms with van der Waals surface area (Å²) in [7, 11) is 0. The van der Waals surface area contributed by atoms with Gasteiger partial charge in [0.25, 0.3) is 0 Å². The van der Waals surface area contributed by atoms with Crippen LogP contribution in [0.25, 0.3) is 0 Å². The summed E-state index contributed by atoms with van der Waals surface area (Å²) in [5, 5.41) is 0. The van der Waals surface area contributed by atoms with Crippen LogP contribution in [-0.2, 0) is 4.74 Å². The zero-order valence-electron chi connectivity index (χ0n) is 4.40. The van der Waals surface area contributed by atoms with Crippen LogP contribution < -0.4 is 0 Å². The van der Waals surface area contributed by atoms with Gasteiger partial charge in [-0.25, -0.2) is 0 Å². The van der Waals surface area contributed by atoms with Crippen LogP contribution in [-0.4, -0.2) is 0 Å². The SMILES string of the molecule is C=COC(=C)C.S. The van der Waals surface area contributed by atoms with E-state index in [2.05, 4.69) is 17.9 Å². The Kier molecular flexibility index (Phi) is 7.88. The monoisotopic (exact) mass is 118 g/mol. The standard InChI is InChI=1S/C5H8O.H2S/c1-4-6-5(2)3;/h4H,1-2H2,3H3;1H2. The van der Waals surface area contributed by atoms with Crippen molar-refractivity contribution < 1.29 is 4.74 Å². The quantitative estimate of drug-likeness (QED) is 0.502. The lowest BCUT2D eigenvalue weighted by atomic mass is 10.7. The third-order valence-corrected chi connectivity index (χ3v) is 0.285. The number of ether oxygens (including phenoxy) is 1. The van der Waals surface area contributed by atoms with Crippen LogP contribution in [0.3, 0.4) is 0 Å². The van der Waals surface area contributed by atoms with Crippen LogP contribution in [0.2, 0.25) is 0 Å². The minimum absolute atomic E-state index is 0. The number of allylic oxidation sites excluding steroid dienone is 1. The van der Waals surface area contributed by atoms with Crippen LogP contribution in [0, 0.1) is 0 Å². The summed E-state index contributed by atoms with van der Waals surface area (Å²) in [5.41, 5.74) is 0. The highest BCUT2D eigenvalue weighted by Crippen LogP contribution is 1.86. The average molecular weight is 118 g/mol. The summed E-state index contributed by atoms with van der Waals surface area (Å²) in [6.45, 7) is 8.53. The number of hydrogen-bond donors (Lipinski definition) is 0. The Morgan fingerprint density at radius 1 is 1.71 bits per heavy atom. The van der Waals surface area contributed by atoms with Gasteiger partial charge in [0.15, 0.2) is 0 Å². The maximum atomic E-state index is 4.61.